The number of aromatic nitrogens is 3. The normalized spacial score (nSPS) is 11.6. The van der Waals surface area contributed by atoms with Crippen molar-refractivity contribution in [1.29, 1.82) is 0 Å². The average Bonchev–Trinajstić information content (AvgIpc) is 2.86. The average molecular weight is 331 g/mol. The number of anilines is 1. The highest BCUT2D eigenvalue weighted by Gasteiger charge is 2.35. The molecule has 2 heterocycles. The number of nitrogens with one attached hydrogen (secondary N) is 2. The molecule has 11 heteroatoms. The fourth-order valence-electron chi connectivity index (χ4n) is 1.08. The van der Waals surface area contributed by atoms with Crippen molar-refractivity contribution in [3.8, 4) is 0 Å². The number of hydrogen-bond donors (Lipinski definition) is 2. The molecule has 0 spiro atoms. The second-order valence-electron chi connectivity index (χ2n) is 3.21. The molecule has 0 atom stereocenters. The maximum Gasteiger partial charge on any atom is 0.445 e. The van der Waals surface area contributed by atoms with Gasteiger partial charge in [-0.3, -0.25) is 10.1 Å². The van der Waals surface area contributed by atoms with Crippen molar-refractivity contribution >= 4 is 45.6 Å². The van der Waals surface area contributed by atoms with E-state index in [4.69, 9.17) is 23.2 Å². The number of carbonyl (C=O) groups is 1. The highest BCUT2D eigenvalue weighted by Crippen LogP contribution is 2.33. The molecule has 1 amide bonds. The van der Waals surface area contributed by atoms with Gasteiger partial charge in [0.25, 0.3) is 5.91 Å². The topological polar surface area (TPSA) is 70.7 Å². The zero-order valence-electron chi connectivity index (χ0n) is 8.68. The molecule has 102 valence electrons. The molecule has 0 aliphatic heterocycles. The Morgan fingerprint density at radius 3 is 2.53 bits per heavy atom. The predicted octanol–water partition coefficient (Wildman–Crippen LogP) is 3.44. The maximum atomic E-state index is 12.3. The maximum absolute atomic E-state index is 12.3. The number of amides is 1. The van der Waals surface area contributed by atoms with Gasteiger partial charge in [0.05, 0.1) is 5.02 Å². The molecule has 19 heavy (non-hydrogen) atoms. The minimum atomic E-state index is -4.60. The third kappa shape index (κ3) is 3.17. The van der Waals surface area contributed by atoms with Crippen LogP contribution in [0, 0.1) is 0 Å². The van der Waals surface area contributed by atoms with Crippen molar-refractivity contribution in [1.82, 2.24) is 15.2 Å². The largest absolute Gasteiger partial charge is 0.445 e. The lowest BCUT2D eigenvalue weighted by atomic mass is 10.4. The number of carbonyl (C=O) groups excluding carboxylic acids is 1. The Hall–Kier alpha value is -1.32. The number of nitrogens with zero attached hydrogens (tertiary/aromatic N) is 2. The molecule has 5 nitrogen and oxygen atoms in total. The molecule has 2 aromatic heterocycles. The number of alkyl halides is 3. The summed E-state index contributed by atoms with van der Waals surface area (Å²) >= 11 is 11.4. The van der Waals surface area contributed by atoms with Crippen LogP contribution in [0.5, 0.6) is 0 Å². The van der Waals surface area contributed by atoms with Gasteiger partial charge in [-0.25, -0.2) is 0 Å². The SMILES string of the molecule is O=C(Nc1nnc(C(F)(F)F)s1)c1cc(Cl)c(Cl)[nH]1. The van der Waals surface area contributed by atoms with E-state index in [1.165, 1.54) is 6.07 Å². The lowest BCUT2D eigenvalue weighted by Gasteiger charge is -1.98. The standard InChI is InChI=1S/C8H3Cl2F3N4OS/c9-2-1-3(14-4(2)10)5(18)15-7-17-16-6(19-7)8(11,12)13/h1,14H,(H,15,17,18). The van der Waals surface area contributed by atoms with Gasteiger partial charge >= 0.3 is 6.18 Å². The first-order valence-corrected chi connectivity index (χ1v) is 6.10. The van der Waals surface area contributed by atoms with E-state index in [0.29, 0.717) is 0 Å². The Balaban J connectivity index is 2.13. The van der Waals surface area contributed by atoms with Gasteiger partial charge in [-0.15, -0.1) is 10.2 Å². The van der Waals surface area contributed by atoms with Gasteiger partial charge in [0.1, 0.15) is 10.8 Å². The molecule has 2 N–H and O–H groups in total. The second kappa shape index (κ2) is 4.99. The number of halogens is 5. The van der Waals surface area contributed by atoms with E-state index in [2.05, 4.69) is 20.5 Å². The monoisotopic (exact) mass is 330 g/mol. The van der Waals surface area contributed by atoms with Crippen LogP contribution in [0.1, 0.15) is 15.5 Å². The zero-order chi connectivity index (χ0) is 14.2. The first-order valence-electron chi connectivity index (χ1n) is 4.53. The summed E-state index contributed by atoms with van der Waals surface area (Å²) < 4.78 is 36.8. The fourth-order valence-corrected chi connectivity index (χ4v) is 2.00. The van der Waals surface area contributed by atoms with Crippen LogP contribution in [0.3, 0.4) is 0 Å². The Kier molecular flexibility index (Phi) is 3.70. The van der Waals surface area contributed by atoms with Gasteiger partial charge in [0, 0.05) is 0 Å². The van der Waals surface area contributed by atoms with Gasteiger partial charge in [-0.2, -0.15) is 13.2 Å². The summed E-state index contributed by atoms with van der Waals surface area (Å²) in [5, 5.41) is 7.04. The van der Waals surface area contributed by atoms with E-state index >= 15 is 0 Å². The van der Waals surface area contributed by atoms with Crippen molar-refractivity contribution in [2.24, 2.45) is 0 Å². The van der Waals surface area contributed by atoms with Crippen molar-refractivity contribution < 1.29 is 18.0 Å². The van der Waals surface area contributed by atoms with Gasteiger partial charge in [0.2, 0.25) is 10.1 Å². The van der Waals surface area contributed by atoms with Gasteiger partial charge in [-0.05, 0) is 6.07 Å². The Bertz CT molecular complexity index is 604. The van der Waals surface area contributed by atoms with E-state index in [-0.39, 0.29) is 32.3 Å². The molecule has 0 fully saturated rings. The van der Waals surface area contributed by atoms with Crippen LogP contribution < -0.4 is 5.32 Å². The zero-order valence-corrected chi connectivity index (χ0v) is 11.0. The Labute approximate surface area is 117 Å². The summed E-state index contributed by atoms with van der Waals surface area (Å²) in [6, 6.07) is 1.24. The molecule has 0 saturated carbocycles. The molecule has 0 aromatic carbocycles. The smallest absolute Gasteiger partial charge is 0.340 e. The van der Waals surface area contributed by atoms with Crippen LogP contribution in [-0.4, -0.2) is 21.1 Å². The minimum absolute atomic E-state index is 0.00115. The van der Waals surface area contributed by atoms with Crippen molar-refractivity contribution in [3.63, 3.8) is 0 Å². The summed E-state index contributed by atoms with van der Waals surface area (Å²) in [4.78, 5) is 14.1. The van der Waals surface area contributed by atoms with E-state index < -0.39 is 17.1 Å². The summed E-state index contributed by atoms with van der Waals surface area (Å²) in [7, 11) is 0. The van der Waals surface area contributed by atoms with E-state index in [1.807, 2.05) is 0 Å². The molecule has 0 saturated heterocycles. The van der Waals surface area contributed by atoms with E-state index in [0.717, 1.165) is 0 Å². The minimum Gasteiger partial charge on any atom is -0.340 e. The van der Waals surface area contributed by atoms with Crippen LogP contribution >= 0.6 is 34.5 Å². The van der Waals surface area contributed by atoms with Gasteiger partial charge < -0.3 is 4.98 Å². The van der Waals surface area contributed by atoms with Gasteiger partial charge in [0.15, 0.2) is 0 Å². The van der Waals surface area contributed by atoms with E-state index in [1.54, 1.807) is 0 Å². The summed E-state index contributed by atoms with van der Waals surface area (Å²) in [6.07, 6.45) is -4.60. The van der Waals surface area contributed by atoms with Crippen LogP contribution in [0.4, 0.5) is 18.3 Å². The van der Waals surface area contributed by atoms with Crippen molar-refractivity contribution in [2.75, 3.05) is 5.32 Å². The molecule has 0 bridgehead atoms. The van der Waals surface area contributed by atoms with Gasteiger partial charge in [-0.1, -0.05) is 34.5 Å². The Morgan fingerprint density at radius 1 is 1.37 bits per heavy atom. The molecule has 0 radical (unpaired) electrons. The predicted molar refractivity (Wildman–Crippen MR) is 63.7 cm³/mol. The van der Waals surface area contributed by atoms with Crippen LogP contribution in [0.15, 0.2) is 6.07 Å². The lowest BCUT2D eigenvalue weighted by Crippen LogP contribution is -2.11. The summed E-state index contributed by atoms with van der Waals surface area (Å²) in [5.41, 5.74) is -0.00115. The summed E-state index contributed by atoms with van der Waals surface area (Å²) in [6.45, 7) is 0. The molecule has 0 unspecified atom stereocenters. The van der Waals surface area contributed by atoms with Crippen molar-refractivity contribution in [2.45, 2.75) is 6.18 Å². The third-order valence-corrected chi connectivity index (χ3v) is 3.43. The van der Waals surface area contributed by atoms with Crippen LogP contribution in [0.2, 0.25) is 10.2 Å². The number of rotatable bonds is 2. The van der Waals surface area contributed by atoms with Crippen LogP contribution in [-0.2, 0) is 6.18 Å². The number of H-pyrrole nitrogens is 1. The molecule has 2 rings (SSSR count). The van der Waals surface area contributed by atoms with Crippen LogP contribution in [0.25, 0.3) is 0 Å². The first kappa shape index (κ1) is 14.1. The Morgan fingerprint density at radius 2 is 2.05 bits per heavy atom. The molecular formula is C8H3Cl2F3N4OS. The quantitative estimate of drug-likeness (QED) is 0.885. The molecule has 0 aliphatic carbocycles. The molecule has 0 aliphatic rings. The molecule has 2 aromatic rings. The highest BCUT2D eigenvalue weighted by atomic mass is 35.5. The fraction of sp³-hybridized carbons (Fsp3) is 0.125. The number of hydrogen-bond acceptors (Lipinski definition) is 4. The first-order chi connectivity index (χ1) is 8.77. The van der Waals surface area contributed by atoms with Crippen molar-refractivity contribution in [3.05, 3.63) is 26.9 Å². The number of aromatic amines is 1. The second-order valence-corrected chi connectivity index (χ2v) is 4.97. The molecular weight excluding hydrogens is 328 g/mol. The van der Waals surface area contributed by atoms with E-state index in [9.17, 15) is 18.0 Å². The lowest BCUT2D eigenvalue weighted by molar-refractivity contribution is -0.138. The third-order valence-electron chi connectivity index (χ3n) is 1.86. The summed E-state index contributed by atoms with van der Waals surface area (Å²) in [5.74, 6) is -0.723. The highest BCUT2D eigenvalue weighted by molar-refractivity contribution is 7.15.